The Morgan fingerprint density at radius 2 is 1.91 bits per heavy atom. The summed E-state index contributed by atoms with van der Waals surface area (Å²) in [7, 11) is 0. The molecule has 0 saturated carbocycles. The topological polar surface area (TPSA) is 0 Å². The number of hydrogen-bond donors (Lipinski definition) is 0. The quantitative estimate of drug-likeness (QED) is 0.505. The van der Waals surface area contributed by atoms with Gasteiger partial charge in [-0.25, -0.2) is 8.78 Å². The molecule has 60 valence electrons. The van der Waals surface area contributed by atoms with Gasteiger partial charge in [0.2, 0.25) is 0 Å². The summed E-state index contributed by atoms with van der Waals surface area (Å²) in [5, 5.41) is 0. The molecule has 1 aliphatic carbocycles. The fourth-order valence-corrected chi connectivity index (χ4v) is 0.913. The lowest BCUT2D eigenvalue weighted by molar-refractivity contribution is 0.378. The molecule has 0 spiro atoms. The molecule has 0 radical (unpaired) electrons. The molecule has 0 nitrogen and oxygen atoms in total. The van der Waals surface area contributed by atoms with Gasteiger partial charge in [0, 0.05) is 0 Å². The van der Waals surface area contributed by atoms with Gasteiger partial charge >= 0.3 is 0 Å². The van der Waals surface area contributed by atoms with Gasteiger partial charge in [-0.1, -0.05) is 17.7 Å². The maximum absolute atomic E-state index is 12.8. The summed E-state index contributed by atoms with van der Waals surface area (Å²) in [6, 6.07) is 0. The van der Waals surface area contributed by atoms with Crippen molar-refractivity contribution in [2.75, 3.05) is 0 Å². The van der Waals surface area contributed by atoms with Gasteiger partial charge in [-0.3, -0.25) is 0 Å². The molecule has 0 fully saturated rings. The van der Waals surface area contributed by atoms with Gasteiger partial charge in [-0.2, -0.15) is 0 Å². The van der Waals surface area contributed by atoms with E-state index < -0.39 is 12.0 Å². The standard InChI is InChI=1S/C9H10F2/c1-6-3-4-7(2)9(11)8(10)5-6/h3-5,8H,1-2H3. The van der Waals surface area contributed by atoms with Crippen molar-refractivity contribution in [1.82, 2.24) is 0 Å². The third-order valence-electron chi connectivity index (χ3n) is 1.62. The lowest BCUT2D eigenvalue weighted by atomic mass is 10.2. The van der Waals surface area contributed by atoms with Crippen molar-refractivity contribution >= 4 is 0 Å². The van der Waals surface area contributed by atoms with Gasteiger partial charge < -0.3 is 0 Å². The van der Waals surface area contributed by atoms with Crippen LogP contribution in [0.5, 0.6) is 0 Å². The first-order valence-corrected chi connectivity index (χ1v) is 3.48. The fraction of sp³-hybridized carbons (Fsp3) is 0.333. The summed E-state index contributed by atoms with van der Waals surface area (Å²) >= 11 is 0. The molecule has 2 heteroatoms. The molecule has 1 aliphatic rings. The summed E-state index contributed by atoms with van der Waals surface area (Å²) in [5.41, 5.74) is 1.12. The SMILES string of the molecule is CC1=CC(F)C(F)=C(C)C=C1. The van der Waals surface area contributed by atoms with Crippen LogP contribution in [-0.2, 0) is 0 Å². The Balaban J connectivity index is 3.02. The summed E-state index contributed by atoms with van der Waals surface area (Å²) in [6.07, 6.45) is 2.99. The predicted octanol–water partition coefficient (Wildman–Crippen LogP) is 3.08. The highest BCUT2D eigenvalue weighted by Crippen LogP contribution is 2.21. The maximum atomic E-state index is 12.8. The van der Waals surface area contributed by atoms with Gasteiger partial charge in [0.05, 0.1) is 0 Å². The molecule has 0 aliphatic heterocycles. The zero-order chi connectivity index (χ0) is 8.43. The second-order valence-electron chi connectivity index (χ2n) is 2.68. The van der Waals surface area contributed by atoms with E-state index in [-0.39, 0.29) is 0 Å². The second kappa shape index (κ2) is 2.99. The second-order valence-corrected chi connectivity index (χ2v) is 2.68. The van der Waals surface area contributed by atoms with Crippen molar-refractivity contribution in [3.63, 3.8) is 0 Å². The molecule has 0 amide bonds. The van der Waals surface area contributed by atoms with E-state index >= 15 is 0 Å². The minimum atomic E-state index is -1.56. The van der Waals surface area contributed by atoms with E-state index in [9.17, 15) is 8.78 Å². The van der Waals surface area contributed by atoms with Crippen molar-refractivity contribution in [3.05, 3.63) is 35.2 Å². The van der Waals surface area contributed by atoms with E-state index in [1.807, 2.05) is 0 Å². The highest BCUT2D eigenvalue weighted by Gasteiger charge is 2.13. The Bertz CT molecular complexity index is 246. The Hall–Kier alpha value is -0.920. The van der Waals surface area contributed by atoms with E-state index in [2.05, 4.69) is 0 Å². The van der Waals surface area contributed by atoms with Crippen LogP contribution in [0.4, 0.5) is 8.78 Å². The van der Waals surface area contributed by atoms with Crippen LogP contribution in [0.2, 0.25) is 0 Å². The Labute approximate surface area is 64.9 Å². The summed E-state index contributed by atoms with van der Waals surface area (Å²) in [5.74, 6) is -0.682. The van der Waals surface area contributed by atoms with E-state index in [4.69, 9.17) is 0 Å². The molecule has 0 N–H and O–H groups in total. The maximum Gasteiger partial charge on any atom is 0.170 e. The van der Waals surface area contributed by atoms with Gasteiger partial charge in [-0.15, -0.1) is 0 Å². The normalized spacial score (nSPS) is 25.1. The van der Waals surface area contributed by atoms with Gasteiger partial charge in [0.1, 0.15) is 5.83 Å². The number of alkyl halides is 1. The van der Waals surface area contributed by atoms with E-state index in [0.29, 0.717) is 5.57 Å². The Kier molecular flexibility index (Phi) is 2.22. The molecule has 1 unspecified atom stereocenters. The van der Waals surface area contributed by atoms with Crippen LogP contribution in [0.1, 0.15) is 13.8 Å². The largest absolute Gasteiger partial charge is 0.235 e. The summed E-state index contributed by atoms with van der Waals surface area (Å²) in [6.45, 7) is 3.31. The molecule has 1 atom stereocenters. The molecule has 0 bridgehead atoms. The molecule has 1 rings (SSSR count). The highest BCUT2D eigenvalue weighted by atomic mass is 19.2. The third-order valence-corrected chi connectivity index (χ3v) is 1.62. The number of rotatable bonds is 0. The first-order valence-electron chi connectivity index (χ1n) is 3.48. The van der Waals surface area contributed by atoms with Crippen LogP contribution < -0.4 is 0 Å². The van der Waals surface area contributed by atoms with Crippen LogP contribution in [0.15, 0.2) is 35.2 Å². The third kappa shape index (κ3) is 1.76. The molecule has 0 aromatic carbocycles. The molecule has 11 heavy (non-hydrogen) atoms. The first kappa shape index (κ1) is 8.18. The number of allylic oxidation sites excluding steroid dienone is 6. The Morgan fingerprint density at radius 3 is 2.55 bits per heavy atom. The molecular formula is C9H10F2. The Morgan fingerprint density at radius 1 is 1.27 bits per heavy atom. The fourth-order valence-electron chi connectivity index (χ4n) is 0.913. The number of hydrogen-bond acceptors (Lipinski definition) is 0. The van der Waals surface area contributed by atoms with Crippen LogP contribution in [0.3, 0.4) is 0 Å². The predicted molar refractivity (Wildman–Crippen MR) is 41.6 cm³/mol. The number of halogens is 2. The first-order chi connectivity index (χ1) is 5.11. The molecule has 0 aromatic heterocycles. The summed E-state index contributed by atoms with van der Waals surface area (Å²) < 4.78 is 25.6. The van der Waals surface area contributed by atoms with Crippen molar-refractivity contribution in [1.29, 1.82) is 0 Å². The van der Waals surface area contributed by atoms with Crippen LogP contribution in [-0.4, -0.2) is 6.17 Å². The van der Waals surface area contributed by atoms with E-state index in [1.165, 1.54) is 6.08 Å². The smallest absolute Gasteiger partial charge is 0.170 e. The minimum Gasteiger partial charge on any atom is -0.235 e. The zero-order valence-corrected chi connectivity index (χ0v) is 6.57. The summed E-state index contributed by atoms with van der Waals surface area (Å²) in [4.78, 5) is 0. The van der Waals surface area contributed by atoms with Crippen molar-refractivity contribution in [2.45, 2.75) is 20.0 Å². The minimum absolute atomic E-state index is 0.366. The van der Waals surface area contributed by atoms with Crippen molar-refractivity contribution < 1.29 is 8.78 Å². The molecule has 0 saturated heterocycles. The highest BCUT2D eigenvalue weighted by molar-refractivity contribution is 5.35. The van der Waals surface area contributed by atoms with Crippen molar-refractivity contribution in [2.24, 2.45) is 0 Å². The molecule has 0 aromatic rings. The molecule has 0 heterocycles. The van der Waals surface area contributed by atoms with Crippen LogP contribution in [0, 0.1) is 0 Å². The lowest BCUT2D eigenvalue weighted by Crippen LogP contribution is -1.96. The van der Waals surface area contributed by atoms with Crippen LogP contribution >= 0.6 is 0 Å². The average molecular weight is 156 g/mol. The van der Waals surface area contributed by atoms with E-state index in [0.717, 1.165) is 5.57 Å². The van der Waals surface area contributed by atoms with Gasteiger partial charge in [0.25, 0.3) is 0 Å². The molecular weight excluding hydrogens is 146 g/mol. The van der Waals surface area contributed by atoms with E-state index in [1.54, 1.807) is 26.0 Å². The zero-order valence-electron chi connectivity index (χ0n) is 6.57. The average Bonchev–Trinajstić information content (AvgIpc) is 2.05. The lowest BCUT2D eigenvalue weighted by Gasteiger charge is -1.99. The monoisotopic (exact) mass is 156 g/mol. The van der Waals surface area contributed by atoms with Gasteiger partial charge in [0.15, 0.2) is 6.17 Å². The van der Waals surface area contributed by atoms with Crippen molar-refractivity contribution in [3.8, 4) is 0 Å². The van der Waals surface area contributed by atoms with Gasteiger partial charge in [-0.05, 0) is 25.5 Å². The van der Waals surface area contributed by atoms with Crippen LogP contribution in [0.25, 0.3) is 0 Å².